The Morgan fingerprint density at radius 2 is 2.23 bits per heavy atom. The molecule has 0 unspecified atom stereocenters. The van der Waals surface area contributed by atoms with Gasteiger partial charge in [0.25, 0.3) is 9.84 Å². The Kier molecular flexibility index (Phi) is 3.04. The first-order valence-corrected chi connectivity index (χ1v) is 6.33. The maximum absolute atomic E-state index is 11.3. The Balaban J connectivity index is 3.09. The Hall–Kier alpha value is -0.470. The topological polar surface area (TPSA) is 77.3 Å². The van der Waals surface area contributed by atoms with Crippen LogP contribution in [0.3, 0.4) is 0 Å². The highest BCUT2D eigenvalue weighted by atomic mass is 79.9. The van der Waals surface area contributed by atoms with Gasteiger partial charge in [0.2, 0.25) is 0 Å². The molecule has 0 aliphatic heterocycles. The fourth-order valence-corrected chi connectivity index (χ4v) is 4.21. The minimum atomic E-state index is -3.77. The summed E-state index contributed by atoms with van der Waals surface area (Å²) in [5.41, 5.74) is 0. The van der Waals surface area contributed by atoms with Gasteiger partial charge in [0, 0.05) is 9.40 Å². The van der Waals surface area contributed by atoms with E-state index in [0.717, 1.165) is 11.3 Å². The molecule has 8 heteroatoms. The zero-order chi connectivity index (χ0) is 10.1. The molecule has 0 radical (unpaired) electrons. The number of thiophene rings is 1. The molecular weight excluding hydrogens is 282 g/mol. The molecule has 1 heterocycles. The summed E-state index contributed by atoms with van der Waals surface area (Å²) < 4.78 is 22.9. The van der Waals surface area contributed by atoms with Gasteiger partial charge in [-0.25, -0.2) is 8.42 Å². The minimum Gasteiger partial charge on any atom is -0.263 e. The van der Waals surface area contributed by atoms with Crippen LogP contribution in [0.4, 0.5) is 0 Å². The van der Waals surface area contributed by atoms with Crippen molar-refractivity contribution in [1.29, 1.82) is 0 Å². The van der Waals surface area contributed by atoms with E-state index in [0.29, 0.717) is 4.47 Å². The number of hydrogen-bond acceptors (Lipinski definition) is 5. The van der Waals surface area contributed by atoms with Crippen LogP contribution < -0.4 is 0 Å². The first-order valence-electron chi connectivity index (χ1n) is 3.01. The third-order valence-corrected chi connectivity index (χ3v) is 5.42. The molecule has 0 fully saturated rings. The van der Waals surface area contributed by atoms with E-state index < -0.39 is 20.6 Å². The van der Waals surface area contributed by atoms with Crippen molar-refractivity contribution in [2.45, 2.75) is 4.21 Å². The lowest BCUT2D eigenvalue weighted by molar-refractivity contribution is -0.458. The van der Waals surface area contributed by atoms with Crippen molar-refractivity contribution in [1.82, 2.24) is 0 Å². The standard InChI is InChI=1S/C5H4BrNO4S2/c6-4-1-2-12-5(4)13(10,11)3-7(8)9/h1-2H,3H2. The van der Waals surface area contributed by atoms with Gasteiger partial charge in [-0.15, -0.1) is 11.3 Å². The van der Waals surface area contributed by atoms with Crippen LogP contribution in [0.15, 0.2) is 20.1 Å². The normalized spacial score (nSPS) is 11.5. The van der Waals surface area contributed by atoms with Gasteiger partial charge < -0.3 is 0 Å². The zero-order valence-electron chi connectivity index (χ0n) is 6.14. The molecule has 1 aromatic heterocycles. The summed E-state index contributed by atoms with van der Waals surface area (Å²) in [7, 11) is -3.77. The summed E-state index contributed by atoms with van der Waals surface area (Å²) in [5.74, 6) is -1.06. The van der Waals surface area contributed by atoms with Gasteiger partial charge in [0.1, 0.15) is 4.21 Å². The number of halogens is 1. The molecule has 1 aromatic rings. The quantitative estimate of drug-likeness (QED) is 0.623. The molecular formula is C5H4BrNO4S2. The van der Waals surface area contributed by atoms with Gasteiger partial charge >= 0.3 is 5.88 Å². The van der Waals surface area contributed by atoms with E-state index in [1.54, 1.807) is 5.38 Å². The Morgan fingerprint density at radius 1 is 1.62 bits per heavy atom. The van der Waals surface area contributed by atoms with Gasteiger partial charge in [-0.1, -0.05) is 0 Å². The summed E-state index contributed by atoms with van der Waals surface area (Å²) in [5, 5.41) is 11.6. The molecule has 0 amide bonds. The molecule has 0 spiro atoms. The predicted molar refractivity (Wildman–Crippen MR) is 51.1 cm³/mol. The molecule has 13 heavy (non-hydrogen) atoms. The number of rotatable bonds is 3. The second kappa shape index (κ2) is 3.72. The average molecular weight is 286 g/mol. The zero-order valence-corrected chi connectivity index (χ0v) is 9.36. The summed E-state index contributed by atoms with van der Waals surface area (Å²) in [6.45, 7) is 0. The van der Waals surface area contributed by atoms with Crippen molar-refractivity contribution in [2.24, 2.45) is 0 Å². The lowest BCUT2D eigenvalue weighted by Crippen LogP contribution is -2.13. The number of nitro groups is 1. The second-order valence-corrected chi connectivity index (χ2v) is 6.06. The Morgan fingerprint density at radius 3 is 2.62 bits per heavy atom. The van der Waals surface area contributed by atoms with Gasteiger partial charge in [-0.05, 0) is 27.4 Å². The molecule has 0 atom stereocenters. The third-order valence-electron chi connectivity index (χ3n) is 1.14. The smallest absolute Gasteiger partial charge is 0.263 e. The van der Waals surface area contributed by atoms with E-state index in [4.69, 9.17) is 0 Å². The van der Waals surface area contributed by atoms with Gasteiger partial charge in [-0.3, -0.25) is 10.1 Å². The molecule has 0 bridgehead atoms. The van der Waals surface area contributed by atoms with Crippen LogP contribution in [0.25, 0.3) is 0 Å². The molecule has 0 saturated carbocycles. The highest BCUT2D eigenvalue weighted by Crippen LogP contribution is 2.28. The lowest BCUT2D eigenvalue weighted by atomic mass is 10.7. The second-order valence-electron chi connectivity index (χ2n) is 2.13. The van der Waals surface area contributed by atoms with E-state index in [1.807, 2.05) is 0 Å². The molecule has 0 saturated heterocycles. The van der Waals surface area contributed by atoms with Crippen molar-refractivity contribution in [3.05, 3.63) is 26.0 Å². The fourth-order valence-electron chi connectivity index (χ4n) is 0.699. The summed E-state index contributed by atoms with van der Waals surface area (Å²) >= 11 is 3.96. The predicted octanol–water partition coefficient (Wildman–Crippen LogP) is 1.52. The molecule has 0 aliphatic rings. The largest absolute Gasteiger partial charge is 0.306 e. The lowest BCUT2D eigenvalue weighted by Gasteiger charge is -1.95. The van der Waals surface area contributed by atoms with Crippen molar-refractivity contribution in [3.63, 3.8) is 0 Å². The van der Waals surface area contributed by atoms with E-state index in [2.05, 4.69) is 15.9 Å². The van der Waals surface area contributed by atoms with Crippen LogP contribution in [-0.2, 0) is 9.84 Å². The third kappa shape index (κ3) is 2.48. The molecule has 0 aliphatic carbocycles. The molecule has 0 aromatic carbocycles. The molecule has 0 N–H and O–H groups in total. The van der Waals surface area contributed by atoms with Crippen LogP contribution in [0, 0.1) is 10.1 Å². The number of nitrogens with zero attached hydrogens (tertiary/aromatic N) is 1. The van der Waals surface area contributed by atoms with Crippen LogP contribution in [0.5, 0.6) is 0 Å². The Bertz CT molecular complexity index is 423. The summed E-state index contributed by atoms with van der Waals surface area (Å²) in [4.78, 5) is 9.18. The summed E-state index contributed by atoms with van der Waals surface area (Å²) in [6, 6.07) is 1.54. The maximum atomic E-state index is 11.3. The van der Waals surface area contributed by atoms with Gasteiger partial charge in [-0.2, -0.15) is 0 Å². The van der Waals surface area contributed by atoms with Gasteiger partial charge in [0.05, 0.1) is 0 Å². The summed E-state index contributed by atoms with van der Waals surface area (Å²) in [6.07, 6.45) is 0. The van der Waals surface area contributed by atoms with E-state index in [-0.39, 0.29) is 4.21 Å². The maximum Gasteiger partial charge on any atom is 0.306 e. The monoisotopic (exact) mass is 285 g/mol. The molecule has 72 valence electrons. The van der Waals surface area contributed by atoms with Crippen molar-refractivity contribution in [3.8, 4) is 0 Å². The Labute approximate surface area is 86.6 Å². The van der Waals surface area contributed by atoms with Crippen LogP contribution >= 0.6 is 27.3 Å². The van der Waals surface area contributed by atoms with Crippen LogP contribution in [0.1, 0.15) is 0 Å². The van der Waals surface area contributed by atoms with Crippen molar-refractivity contribution in [2.75, 3.05) is 5.88 Å². The van der Waals surface area contributed by atoms with Crippen molar-refractivity contribution >= 4 is 37.1 Å². The van der Waals surface area contributed by atoms with Gasteiger partial charge in [0.15, 0.2) is 0 Å². The first-order chi connectivity index (χ1) is 5.93. The van der Waals surface area contributed by atoms with Crippen LogP contribution in [0.2, 0.25) is 0 Å². The minimum absolute atomic E-state index is 0.00389. The average Bonchev–Trinajstić information content (AvgIpc) is 2.32. The first kappa shape index (κ1) is 10.6. The highest BCUT2D eigenvalue weighted by molar-refractivity contribution is 9.10. The highest BCUT2D eigenvalue weighted by Gasteiger charge is 2.24. The fraction of sp³-hybridized carbons (Fsp3) is 0.200. The van der Waals surface area contributed by atoms with E-state index in [9.17, 15) is 18.5 Å². The molecule has 1 rings (SSSR count). The number of sulfone groups is 1. The molecule has 5 nitrogen and oxygen atoms in total. The van der Waals surface area contributed by atoms with Crippen molar-refractivity contribution < 1.29 is 13.3 Å². The van der Waals surface area contributed by atoms with E-state index >= 15 is 0 Å². The van der Waals surface area contributed by atoms with Crippen LogP contribution in [-0.4, -0.2) is 19.2 Å². The van der Waals surface area contributed by atoms with E-state index in [1.165, 1.54) is 6.07 Å². The SMILES string of the molecule is O=[N+]([O-])CS(=O)(=O)c1sccc1Br. The number of hydrogen-bond donors (Lipinski definition) is 0.